The lowest BCUT2D eigenvalue weighted by Crippen LogP contribution is -2.48. The van der Waals surface area contributed by atoms with Gasteiger partial charge in [-0.2, -0.15) is 4.31 Å². The fraction of sp³-hybridized carbons (Fsp3) is 0.600. The number of piperazine rings is 1. The average molecular weight is 296 g/mol. The Labute approximate surface area is 122 Å². The highest BCUT2D eigenvalue weighted by Crippen LogP contribution is 2.22. The summed E-state index contributed by atoms with van der Waals surface area (Å²) in [6.45, 7) is 9.90. The molecule has 1 saturated heterocycles. The minimum atomic E-state index is -3.34. The Morgan fingerprint density at radius 3 is 2.30 bits per heavy atom. The zero-order chi connectivity index (χ0) is 14.8. The zero-order valence-corrected chi connectivity index (χ0v) is 13.4. The minimum absolute atomic E-state index is 0.451. The third-order valence-electron chi connectivity index (χ3n) is 3.82. The van der Waals surface area contributed by atoms with Crippen LogP contribution >= 0.6 is 0 Å². The Morgan fingerprint density at radius 1 is 1.10 bits per heavy atom. The SMILES string of the molecule is CCCN1CCN(S(=O)(=O)c2ccc(C)cc2C)CC1. The lowest BCUT2D eigenvalue weighted by Gasteiger charge is -2.34. The van der Waals surface area contributed by atoms with Crippen LogP contribution in [-0.2, 0) is 10.0 Å². The quantitative estimate of drug-likeness (QED) is 0.853. The van der Waals surface area contributed by atoms with E-state index in [2.05, 4.69) is 11.8 Å². The average Bonchev–Trinajstić information content (AvgIpc) is 2.39. The summed E-state index contributed by atoms with van der Waals surface area (Å²) in [5.41, 5.74) is 1.93. The second-order valence-electron chi connectivity index (χ2n) is 5.51. The van der Waals surface area contributed by atoms with Gasteiger partial charge in [-0.05, 0) is 38.4 Å². The van der Waals surface area contributed by atoms with Crippen LogP contribution in [0.15, 0.2) is 23.1 Å². The highest BCUT2D eigenvalue weighted by atomic mass is 32.2. The monoisotopic (exact) mass is 296 g/mol. The predicted octanol–water partition coefficient (Wildman–Crippen LogP) is 2.02. The third kappa shape index (κ3) is 3.22. The van der Waals surface area contributed by atoms with Gasteiger partial charge in [0.05, 0.1) is 4.90 Å². The maximum atomic E-state index is 12.7. The van der Waals surface area contributed by atoms with Crippen LogP contribution in [0.4, 0.5) is 0 Å². The summed E-state index contributed by atoms with van der Waals surface area (Å²) in [6.07, 6.45) is 1.11. The molecule has 1 fully saturated rings. The van der Waals surface area contributed by atoms with Gasteiger partial charge < -0.3 is 4.90 Å². The van der Waals surface area contributed by atoms with Crippen molar-refractivity contribution < 1.29 is 8.42 Å². The Kier molecular flexibility index (Phi) is 4.83. The van der Waals surface area contributed by atoms with E-state index in [4.69, 9.17) is 0 Å². The van der Waals surface area contributed by atoms with Crippen LogP contribution in [0.25, 0.3) is 0 Å². The number of sulfonamides is 1. The summed E-state index contributed by atoms with van der Waals surface area (Å²) < 4.78 is 27.0. The van der Waals surface area contributed by atoms with E-state index in [1.807, 2.05) is 26.0 Å². The summed E-state index contributed by atoms with van der Waals surface area (Å²) >= 11 is 0. The van der Waals surface area contributed by atoms with Crippen LogP contribution in [0.1, 0.15) is 24.5 Å². The molecule has 1 aliphatic heterocycles. The summed E-state index contributed by atoms with van der Waals surface area (Å²) in [5.74, 6) is 0. The molecule has 2 rings (SSSR count). The van der Waals surface area contributed by atoms with E-state index in [1.54, 1.807) is 10.4 Å². The lowest BCUT2D eigenvalue weighted by atomic mass is 10.2. The first-order chi connectivity index (χ1) is 9.45. The molecule has 0 N–H and O–H groups in total. The van der Waals surface area contributed by atoms with Crippen LogP contribution < -0.4 is 0 Å². The minimum Gasteiger partial charge on any atom is -0.301 e. The Bertz CT molecular complexity index is 561. The van der Waals surface area contributed by atoms with Gasteiger partial charge in [-0.3, -0.25) is 0 Å². The van der Waals surface area contributed by atoms with E-state index in [9.17, 15) is 8.42 Å². The molecule has 0 amide bonds. The number of nitrogens with zero attached hydrogens (tertiary/aromatic N) is 2. The molecule has 1 aromatic rings. The molecule has 1 heterocycles. The van der Waals surface area contributed by atoms with Crippen LogP contribution in [0.3, 0.4) is 0 Å². The molecular weight excluding hydrogens is 272 g/mol. The molecule has 112 valence electrons. The Balaban J connectivity index is 2.15. The standard InChI is InChI=1S/C15H24N2O2S/c1-4-7-16-8-10-17(11-9-16)20(18,19)15-6-5-13(2)12-14(15)3/h5-6,12H,4,7-11H2,1-3H3. The van der Waals surface area contributed by atoms with Crippen molar-refractivity contribution in [2.24, 2.45) is 0 Å². The first-order valence-corrected chi connectivity index (χ1v) is 8.69. The number of aryl methyl sites for hydroxylation is 2. The number of rotatable bonds is 4. The number of hydrogen-bond acceptors (Lipinski definition) is 3. The summed E-state index contributed by atoms with van der Waals surface area (Å²) in [5, 5.41) is 0. The van der Waals surface area contributed by atoms with Gasteiger partial charge in [-0.1, -0.05) is 24.6 Å². The van der Waals surface area contributed by atoms with Crippen molar-refractivity contribution >= 4 is 10.0 Å². The van der Waals surface area contributed by atoms with E-state index in [-0.39, 0.29) is 0 Å². The van der Waals surface area contributed by atoms with Crippen molar-refractivity contribution in [3.8, 4) is 0 Å². The highest BCUT2D eigenvalue weighted by molar-refractivity contribution is 7.89. The fourth-order valence-corrected chi connectivity index (χ4v) is 4.37. The van der Waals surface area contributed by atoms with Crippen LogP contribution in [0, 0.1) is 13.8 Å². The summed E-state index contributed by atoms with van der Waals surface area (Å²) in [6, 6.07) is 5.53. The Morgan fingerprint density at radius 2 is 1.75 bits per heavy atom. The normalized spacial score (nSPS) is 18.4. The molecule has 4 nitrogen and oxygen atoms in total. The molecule has 0 saturated carbocycles. The molecule has 0 aliphatic carbocycles. The maximum Gasteiger partial charge on any atom is 0.243 e. The molecule has 0 bridgehead atoms. The fourth-order valence-electron chi connectivity index (χ4n) is 2.74. The maximum absolute atomic E-state index is 12.7. The van der Waals surface area contributed by atoms with Gasteiger partial charge in [0.15, 0.2) is 0 Å². The van der Waals surface area contributed by atoms with E-state index >= 15 is 0 Å². The van der Waals surface area contributed by atoms with Crippen molar-refractivity contribution in [1.82, 2.24) is 9.21 Å². The molecule has 0 aromatic heterocycles. The molecule has 20 heavy (non-hydrogen) atoms. The second-order valence-corrected chi connectivity index (χ2v) is 7.42. The number of hydrogen-bond donors (Lipinski definition) is 0. The predicted molar refractivity (Wildman–Crippen MR) is 81.4 cm³/mol. The van der Waals surface area contributed by atoms with Gasteiger partial charge in [-0.15, -0.1) is 0 Å². The van der Waals surface area contributed by atoms with Crippen LogP contribution in [0.5, 0.6) is 0 Å². The molecular formula is C15H24N2O2S. The lowest BCUT2D eigenvalue weighted by molar-refractivity contribution is 0.188. The first-order valence-electron chi connectivity index (χ1n) is 7.25. The molecule has 0 unspecified atom stereocenters. The van der Waals surface area contributed by atoms with Gasteiger partial charge in [-0.25, -0.2) is 8.42 Å². The van der Waals surface area contributed by atoms with E-state index in [0.717, 1.165) is 37.2 Å². The number of benzene rings is 1. The van der Waals surface area contributed by atoms with E-state index < -0.39 is 10.0 Å². The van der Waals surface area contributed by atoms with Gasteiger partial charge >= 0.3 is 0 Å². The van der Waals surface area contributed by atoms with Crippen molar-refractivity contribution in [1.29, 1.82) is 0 Å². The molecule has 0 atom stereocenters. The summed E-state index contributed by atoms with van der Waals surface area (Å²) in [4.78, 5) is 2.78. The molecule has 0 radical (unpaired) electrons. The van der Waals surface area contributed by atoms with Crippen molar-refractivity contribution in [2.45, 2.75) is 32.1 Å². The van der Waals surface area contributed by atoms with Crippen LogP contribution in [0.2, 0.25) is 0 Å². The van der Waals surface area contributed by atoms with Gasteiger partial charge in [0.2, 0.25) is 10.0 Å². The van der Waals surface area contributed by atoms with E-state index in [0.29, 0.717) is 18.0 Å². The highest BCUT2D eigenvalue weighted by Gasteiger charge is 2.29. The third-order valence-corrected chi connectivity index (χ3v) is 5.88. The first kappa shape index (κ1) is 15.5. The van der Waals surface area contributed by atoms with Gasteiger partial charge in [0.25, 0.3) is 0 Å². The van der Waals surface area contributed by atoms with Gasteiger partial charge in [0, 0.05) is 26.2 Å². The largest absolute Gasteiger partial charge is 0.301 e. The van der Waals surface area contributed by atoms with Crippen LogP contribution in [-0.4, -0.2) is 50.3 Å². The second kappa shape index (κ2) is 6.24. The molecule has 1 aliphatic rings. The van der Waals surface area contributed by atoms with E-state index in [1.165, 1.54) is 0 Å². The molecule has 1 aromatic carbocycles. The topological polar surface area (TPSA) is 40.6 Å². The smallest absolute Gasteiger partial charge is 0.243 e. The van der Waals surface area contributed by atoms with Crippen molar-refractivity contribution in [3.05, 3.63) is 29.3 Å². The van der Waals surface area contributed by atoms with Crippen molar-refractivity contribution in [3.63, 3.8) is 0 Å². The zero-order valence-electron chi connectivity index (χ0n) is 12.6. The summed E-state index contributed by atoms with van der Waals surface area (Å²) in [7, 11) is -3.34. The molecule has 5 heteroatoms. The van der Waals surface area contributed by atoms with Crippen molar-refractivity contribution in [2.75, 3.05) is 32.7 Å². The Hall–Kier alpha value is -0.910. The molecule has 0 spiro atoms. The van der Waals surface area contributed by atoms with Gasteiger partial charge in [0.1, 0.15) is 0 Å².